The number of nitrogens with one attached hydrogen (secondary N) is 1. The first-order chi connectivity index (χ1) is 15.8. The lowest BCUT2D eigenvalue weighted by Crippen LogP contribution is -2.21. The van der Waals surface area contributed by atoms with E-state index in [2.05, 4.69) is 10.4 Å². The number of fused-ring (bicyclic) bond motifs is 3. The molecule has 0 radical (unpaired) electrons. The first-order valence-corrected chi connectivity index (χ1v) is 10.4. The minimum atomic E-state index is -0.553. The summed E-state index contributed by atoms with van der Waals surface area (Å²) in [5, 5.41) is 8.19. The molecule has 3 N–H and O–H groups in total. The number of esters is 1. The lowest BCUT2D eigenvalue weighted by molar-refractivity contribution is -0.147. The van der Waals surface area contributed by atoms with E-state index in [1.54, 1.807) is 16.6 Å². The standard InChI is InChI=1S/C24H23N5O4/c1-14-18(15(2)29-24(26-14)19-5-3-4-6-20(19)28-29)11-12-22(31)33-13-21(30)27-17-9-7-16(8-10-17)23(25)32/h3-10H,11-13H2,1-2H3,(H2,25,32)(H,27,30). The molecule has 0 saturated carbocycles. The van der Waals surface area contributed by atoms with E-state index in [-0.39, 0.29) is 6.42 Å². The van der Waals surface area contributed by atoms with Crippen LogP contribution in [0.2, 0.25) is 0 Å². The molecule has 0 spiro atoms. The van der Waals surface area contributed by atoms with E-state index in [0.717, 1.165) is 33.5 Å². The van der Waals surface area contributed by atoms with Crippen LogP contribution in [0.15, 0.2) is 48.5 Å². The maximum atomic E-state index is 12.2. The smallest absolute Gasteiger partial charge is 0.306 e. The van der Waals surface area contributed by atoms with Crippen LogP contribution in [-0.4, -0.2) is 39.0 Å². The van der Waals surface area contributed by atoms with Crippen molar-refractivity contribution in [3.63, 3.8) is 0 Å². The Morgan fingerprint density at radius 2 is 1.79 bits per heavy atom. The first kappa shape index (κ1) is 21.9. The zero-order valence-electron chi connectivity index (χ0n) is 18.3. The van der Waals surface area contributed by atoms with Crippen LogP contribution in [0, 0.1) is 13.8 Å². The van der Waals surface area contributed by atoms with Gasteiger partial charge in [-0.25, -0.2) is 9.50 Å². The molecular formula is C24H23N5O4. The van der Waals surface area contributed by atoms with Crippen molar-refractivity contribution in [1.29, 1.82) is 0 Å². The average molecular weight is 445 g/mol. The maximum Gasteiger partial charge on any atom is 0.306 e. The van der Waals surface area contributed by atoms with Gasteiger partial charge in [-0.05, 0) is 62.2 Å². The topological polar surface area (TPSA) is 129 Å². The predicted octanol–water partition coefficient (Wildman–Crippen LogP) is 2.71. The fraction of sp³-hybridized carbons (Fsp3) is 0.208. The van der Waals surface area contributed by atoms with Crippen molar-refractivity contribution in [3.05, 3.63) is 71.0 Å². The Morgan fingerprint density at radius 1 is 1.06 bits per heavy atom. The van der Waals surface area contributed by atoms with E-state index >= 15 is 0 Å². The number of benzene rings is 2. The molecule has 33 heavy (non-hydrogen) atoms. The van der Waals surface area contributed by atoms with Gasteiger partial charge in [0.25, 0.3) is 5.91 Å². The Bertz CT molecular complexity index is 1380. The van der Waals surface area contributed by atoms with E-state index in [0.29, 0.717) is 17.7 Å². The van der Waals surface area contributed by atoms with Crippen LogP contribution in [0.1, 0.15) is 33.7 Å². The summed E-state index contributed by atoms with van der Waals surface area (Å²) >= 11 is 0. The highest BCUT2D eigenvalue weighted by Crippen LogP contribution is 2.23. The second kappa shape index (κ2) is 9.07. The van der Waals surface area contributed by atoms with Crippen molar-refractivity contribution in [1.82, 2.24) is 14.6 Å². The fourth-order valence-electron chi connectivity index (χ4n) is 3.70. The summed E-state index contributed by atoms with van der Waals surface area (Å²) in [4.78, 5) is 40.1. The van der Waals surface area contributed by atoms with Crippen LogP contribution in [-0.2, 0) is 20.7 Å². The van der Waals surface area contributed by atoms with Gasteiger partial charge in [0.2, 0.25) is 5.91 Å². The number of carbonyl (C=O) groups is 3. The van der Waals surface area contributed by atoms with Gasteiger partial charge >= 0.3 is 5.97 Å². The summed E-state index contributed by atoms with van der Waals surface area (Å²) in [6.07, 6.45) is 0.530. The summed E-state index contributed by atoms with van der Waals surface area (Å²) in [5.74, 6) is -1.52. The monoisotopic (exact) mass is 445 g/mol. The van der Waals surface area contributed by atoms with Gasteiger partial charge in [0, 0.05) is 34.4 Å². The van der Waals surface area contributed by atoms with Crippen molar-refractivity contribution in [2.45, 2.75) is 26.7 Å². The Kier molecular flexibility index (Phi) is 6.03. The second-order valence-corrected chi connectivity index (χ2v) is 7.66. The molecule has 168 valence electrons. The highest BCUT2D eigenvalue weighted by molar-refractivity contribution is 5.95. The summed E-state index contributed by atoms with van der Waals surface area (Å²) in [5.41, 5.74) is 10.3. The second-order valence-electron chi connectivity index (χ2n) is 7.66. The lowest BCUT2D eigenvalue weighted by atomic mass is 10.1. The highest BCUT2D eigenvalue weighted by Gasteiger charge is 2.16. The van der Waals surface area contributed by atoms with Gasteiger partial charge in [0.05, 0.1) is 5.52 Å². The van der Waals surface area contributed by atoms with Gasteiger partial charge in [-0.3, -0.25) is 14.4 Å². The molecule has 0 aliphatic carbocycles. The minimum Gasteiger partial charge on any atom is -0.456 e. The average Bonchev–Trinajstić information content (AvgIpc) is 3.17. The molecule has 2 amide bonds. The van der Waals surface area contributed by atoms with Gasteiger partial charge in [-0.2, -0.15) is 5.10 Å². The minimum absolute atomic E-state index is 0.107. The number of hydrogen-bond donors (Lipinski definition) is 2. The van der Waals surface area contributed by atoms with Crippen LogP contribution in [0.4, 0.5) is 5.69 Å². The molecule has 0 bridgehead atoms. The predicted molar refractivity (Wildman–Crippen MR) is 123 cm³/mol. The van der Waals surface area contributed by atoms with Crippen LogP contribution < -0.4 is 11.1 Å². The van der Waals surface area contributed by atoms with Gasteiger partial charge in [0.1, 0.15) is 0 Å². The molecule has 4 aromatic rings. The number of carbonyl (C=O) groups excluding carboxylic acids is 3. The third kappa shape index (κ3) is 4.67. The molecule has 9 nitrogen and oxygen atoms in total. The summed E-state index contributed by atoms with van der Waals surface area (Å²) in [6, 6.07) is 13.9. The molecule has 0 atom stereocenters. The molecule has 2 heterocycles. The number of amides is 2. The molecule has 0 fully saturated rings. The Balaban J connectivity index is 1.35. The summed E-state index contributed by atoms with van der Waals surface area (Å²) < 4.78 is 6.91. The van der Waals surface area contributed by atoms with E-state index in [1.165, 1.54) is 12.1 Å². The summed E-state index contributed by atoms with van der Waals surface area (Å²) in [7, 11) is 0. The Labute approximate surface area is 189 Å². The molecule has 2 aromatic heterocycles. The lowest BCUT2D eigenvalue weighted by Gasteiger charge is -2.11. The zero-order chi connectivity index (χ0) is 23.5. The van der Waals surface area contributed by atoms with Crippen LogP contribution in [0.3, 0.4) is 0 Å². The van der Waals surface area contributed by atoms with Gasteiger partial charge in [-0.15, -0.1) is 0 Å². The maximum absolute atomic E-state index is 12.2. The van der Waals surface area contributed by atoms with Crippen LogP contribution in [0.25, 0.3) is 16.6 Å². The normalized spacial score (nSPS) is 11.0. The zero-order valence-corrected chi connectivity index (χ0v) is 18.3. The third-order valence-corrected chi connectivity index (χ3v) is 5.41. The number of aryl methyl sites for hydroxylation is 2. The van der Waals surface area contributed by atoms with Crippen molar-refractivity contribution >= 4 is 40.0 Å². The van der Waals surface area contributed by atoms with Crippen LogP contribution in [0.5, 0.6) is 0 Å². The van der Waals surface area contributed by atoms with E-state index in [1.807, 2.05) is 38.1 Å². The SMILES string of the molecule is Cc1nc2c3ccccc3nn2c(C)c1CCC(=O)OCC(=O)Nc1ccc(C(N)=O)cc1. The van der Waals surface area contributed by atoms with E-state index < -0.39 is 24.4 Å². The number of primary amides is 1. The molecule has 4 rings (SSSR count). The van der Waals surface area contributed by atoms with Crippen molar-refractivity contribution < 1.29 is 19.1 Å². The number of ether oxygens (including phenoxy) is 1. The van der Waals surface area contributed by atoms with E-state index in [4.69, 9.17) is 15.5 Å². The van der Waals surface area contributed by atoms with Crippen molar-refractivity contribution in [3.8, 4) is 0 Å². The quantitative estimate of drug-likeness (QED) is 0.421. The number of anilines is 1. The molecule has 0 unspecified atom stereocenters. The van der Waals surface area contributed by atoms with Crippen molar-refractivity contribution in [2.75, 3.05) is 11.9 Å². The Morgan fingerprint density at radius 3 is 2.52 bits per heavy atom. The first-order valence-electron chi connectivity index (χ1n) is 10.4. The number of aromatic nitrogens is 3. The van der Waals surface area contributed by atoms with Crippen LogP contribution >= 0.6 is 0 Å². The number of rotatable bonds is 7. The third-order valence-electron chi connectivity index (χ3n) is 5.41. The Hall–Kier alpha value is -4.27. The largest absolute Gasteiger partial charge is 0.456 e. The van der Waals surface area contributed by atoms with E-state index in [9.17, 15) is 14.4 Å². The molecule has 0 saturated heterocycles. The molecular weight excluding hydrogens is 422 g/mol. The van der Waals surface area contributed by atoms with Gasteiger partial charge < -0.3 is 15.8 Å². The molecule has 0 aliphatic rings. The van der Waals surface area contributed by atoms with Gasteiger partial charge in [0.15, 0.2) is 12.3 Å². The van der Waals surface area contributed by atoms with Crippen molar-refractivity contribution in [2.24, 2.45) is 5.73 Å². The number of nitrogens with two attached hydrogens (primary N) is 1. The molecule has 2 aromatic carbocycles. The summed E-state index contributed by atoms with van der Waals surface area (Å²) in [6.45, 7) is 3.45. The van der Waals surface area contributed by atoms with Gasteiger partial charge in [-0.1, -0.05) is 12.1 Å². The molecule has 9 heteroatoms. The number of nitrogens with zero attached hydrogens (tertiary/aromatic N) is 3. The fourth-order valence-corrected chi connectivity index (χ4v) is 3.70. The molecule has 0 aliphatic heterocycles. The number of hydrogen-bond acceptors (Lipinski definition) is 6. The highest BCUT2D eigenvalue weighted by atomic mass is 16.5.